The fourth-order valence-electron chi connectivity index (χ4n) is 3.28. The smallest absolute Gasteiger partial charge is 0.259 e. The van der Waals surface area contributed by atoms with Crippen molar-refractivity contribution < 1.29 is 9.18 Å². The molecule has 0 fully saturated rings. The second kappa shape index (κ2) is 7.46. The van der Waals surface area contributed by atoms with Gasteiger partial charge in [-0.05, 0) is 51.1 Å². The number of hydrogen-bond donors (Lipinski definition) is 1. The van der Waals surface area contributed by atoms with Gasteiger partial charge in [-0.1, -0.05) is 6.07 Å². The second-order valence-electron chi connectivity index (χ2n) is 7.01. The monoisotopic (exact) mass is 392 g/mol. The van der Waals surface area contributed by atoms with E-state index in [0.717, 1.165) is 17.4 Å². The topological polar surface area (TPSA) is 77.6 Å². The number of nitrogens with one attached hydrogen (secondary N) is 1. The third-order valence-electron chi connectivity index (χ3n) is 4.79. The number of anilines is 1. The highest BCUT2D eigenvalue weighted by Gasteiger charge is 2.17. The van der Waals surface area contributed by atoms with Crippen LogP contribution in [0.15, 0.2) is 48.9 Å². The Kier molecular flexibility index (Phi) is 4.84. The van der Waals surface area contributed by atoms with Gasteiger partial charge in [0, 0.05) is 29.7 Å². The first-order valence-corrected chi connectivity index (χ1v) is 9.44. The molecule has 1 aromatic carbocycles. The Labute approximate surface area is 167 Å². The van der Waals surface area contributed by atoms with Gasteiger partial charge in [0.2, 0.25) is 0 Å². The van der Waals surface area contributed by atoms with Gasteiger partial charge in [-0.3, -0.25) is 4.79 Å². The molecule has 0 saturated heterocycles. The minimum absolute atomic E-state index is 0.0246. The van der Waals surface area contributed by atoms with Crippen LogP contribution in [0.25, 0.3) is 22.4 Å². The summed E-state index contributed by atoms with van der Waals surface area (Å²) >= 11 is 0. The summed E-state index contributed by atoms with van der Waals surface area (Å²) in [6, 6.07) is 10.2. The molecule has 1 amide bonds. The Morgan fingerprint density at radius 1 is 1.24 bits per heavy atom. The van der Waals surface area contributed by atoms with Crippen LogP contribution in [0.3, 0.4) is 0 Å². The Morgan fingerprint density at radius 2 is 2.07 bits per heavy atom. The van der Waals surface area contributed by atoms with E-state index in [-0.39, 0.29) is 11.6 Å². The van der Waals surface area contributed by atoms with Gasteiger partial charge >= 0.3 is 0 Å². The number of aromatic nitrogens is 5. The van der Waals surface area contributed by atoms with E-state index in [4.69, 9.17) is 0 Å². The summed E-state index contributed by atoms with van der Waals surface area (Å²) in [7, 11) is 0. The summed E-state index contributed by atoms with van der Waals surface area (Å²) in [5.74, 6) is -0.205. The van der Waals surface area contributed by atoms with Crippen LogP contribution in [0.2, 0.25) is 0 Å². The maximum Gasteiger partial charge on any atom is 0.259 e. The molecule has 0 unspecified atom stereocenters. The van der Waals surface area contributed by atoms with Crippen LogP contribution in [-0.2, 0) is 6.54 Å². The van der Waals surface area contributed by atoms with E-state index in [9.17, 15) is 9.18 Å². The molecule has 3 aromatic heterocycles. The lowest BCUT2D eigenvalue weighted by atomic mass is 10.1. The Balaban J connectivity index is 1.65. The van der Waals surface area contributed by atoms with Crippen molar-refractivity contribution in [1.82, 2.24) is 24.3 Å². The van der Waals surface area contributed by atoms with E-state index in [1.54, 1.807) is 30.6 Å². The first-order valence-electron chi connectivity index (χ1n) is 9.44. The van der Waals surface area contributed by atoms with Crippen molar-refractivity contribution in [2.45, 2.75) is 33.4 Å². The predicted molar refractivity (Wildman–Crippen MR) is 109 cm³/mol. The Morgan fingerprint density at radius 3 is 2.83 bits per heavy atom. The average Bonchev–Trinajstić information content (AvgIpc) is 3.34. The van der Waals surface area contributed by atoms with Crippen LogP contribution in [0.4, 0.5) is 10.2 Å². The van der Waals surface area contributed by atoms with E-state index in [1.165, 1.54) is 6.07 Å². The van der Waals surface area contributed by atoms with Crippen molar-refractivity contribution in [3.63, 3.8) is 0 Å². The molecular weight excluding hydrogens is 371 g/mol. The zero-order valence-corrected chi connectivity index (χ0v) is 16.4. The number of benzene rings is 1. The van der Waals surface area contributed by atoms with Crippen LogP contribution in [-0.4, -0.2) is 30.2 Å². The normalized spacial score (nSPS) is 11.3. The Hall–Kier alpha value is -3.55. The second-order valence-corrected chi connectivity index (χ2v) is 7.01. The van der Waals surface area contributed by atoms with Crippen molar-refractivity contribution in [2.75, 3.05) is 5.32 Å². The van der Waals surface area contributed by atoms with Crippen LogP contribution in [0, 0.1) is 5.82 Å². The van der Waals surface area contributed by atoms with E-state index >= 15 is 0 Å². The lowest BCUT2D eigenvalue weighted by molar-refractivity contribution is 0.102. The van der Waals surface area contributed by atoms with Gasteiger partial charge in [0.1, 0.15) is 23.7 Å². The average molecular weight is 392 g/mol. The zero-order chi connectivity index (χ0) is 20.5. The first kappa shape index (κ1) is 18.8. The van der Waals surface area contributed by atoms with Crippen LogP contribution in [0.1, 0.15) is 37.2 Å². The van der Waals surface area contributed by atoms with E-state index in [0.29, 0.717) is 17.3 Å². The van der Waals surface area contributed by atoms with E-state index < -0.39 is 11.7 Å². The molecule has 29 heavy (non-hydrogen) atoms. The maximum atomic E-state index is 14.5. The third-order valence-corrected chi connectivity index (χ3v) is 4.79. The molecule has 0 atom stereocenters. The molecule has 0 radical (unpaired) electrons. The highest BCUT2D eigenvalue weighted by molar-refractivity contribution is 6.06. The predicted octanol–water partition coefficient (Wildman–Crippen LogP) is 4.29. The van der Waals surface area contributed by atoms with Gasteiger partial charge in [-0.2, -0.15) is 0 Å². The first-order chi connectivity index (χ1) is 14.0. The molecule has 1 N–H and O–H groups in total. The van der Waals surface area contributed by atoms with E-state index in [2.05, 4.69) is 20.5 Å². The molecular formula is C21H21FN6O. The highest BCUT2D eigenvalue weighted by atomic mass is 19.1. The van der Waals surface area contributed by atoms with Crippen molar-refractivity contribution in [1.29, 1.82) is 0 Å². The number of nitrogens with zero attached hydrogens (tertiary/aromatic N) is 5. The highest BCUT2D eigenvalue weighted by Crippen LogP contribution is 2.23. The van der Waals surface area contributed by atoms with Gasteiger partial charge in [0.15, 0.2) is 5.82 Å². The van der Waals surface area contributed by atoms with E-state index in [1.807, 2.05) is 42.2 Å². The summed E-state index contributed by atoms with van der Waals surface area (Å²) in [6.07, 6.45) is 3.52. The molecule has 4 aromatic rings. The fraction of sp³-hybridized carbons (Fsp3) is 0.238. The summed E-state index contributed by atoms with van der Waals surface area (Å²) < 4.78 is 18.4. The molecule has 0 bridgehead atoms. The number of carbonyl (C=O) groups is 1. The number of halogens is 1. The van der Waals surface area contributed by atoms with Gasteiger partial charge in [-0.25, -0.2) is 9.37 Å². The molecule has 4 rings (SSSR count). The zero-order valence-electron chi connectivity index (χ0n) is 16.4. The molecule has 7 nitrogen and oxygen atoms in total. The SMILES string of the molecule is CCn1ccc2cc(F)c(C(=O)Nc3cccc(-c4nncn4C(C)C)n3)cc21. The lowest BCUT2D eigenvalue weighted by Crippen LogP contribution is -2.15. The molecule has 0 aliphatic carbocycles. The lowest BCUT2D eigenvalue weighted by Gasteiger charge is -2.11. The minimum atomic E-state index is -0.570. The summed E-state index contributed by atoms with van der Waals surface area (Å²) in [6.45, 7) is 6.76. The summed E-state index contributed by atoms with van der Waals surface area (Å²) in [5.41, 5.74) is 1.36. The number of amides is 1. The molecule has 0 aliphatic heterocycles. The van der Waals surface area contributed by atoms with Crippen molar-refractivity contribution in [3.8, 4) is 11.5 Å². The molecule has 0 spiro atoms. The minimum Gasteiger partial charge on any atom is -0.348 e. The van der Waals surface area contributed by atoms with Crippen molar-refractivity contribution >= 4 is 22.6 Å². The van der Waals surface area contributed by atoms with Gasteiger partial charge < -0.3 is 14.5 Å². The van der Waals surface area contributed by atoms with Crippen LogP contribution in [0.5, 0.6) is 0 Å². The van der Waals surface area contributed by atoms with Crippen molar-refractivity contribution in [2.24, 2.45) is 0 Å². The maximum absolute atomic E-state index is 14.5. The molecule has 148 valence electrons. The third kappa shape index (κ3) is 3.49. The number of fused-ring (bicyclic) bond motifs is 1. The molecule has 3 heterocycles. The summed E-state index contributed by atoms with van der Waals surface area (Å²) in [5, 5.41) is 11.5. The standard InChI is InChI=1S/C21H21FN6O/c1-4-27-9-8-14-10-16(22)15(11-18(14)27)21(29)25-19-7-5-6-17(24-19)20-26-23-12-28(20)13(2)3/h5-13H,4H2,1-3H3,(H,24,25,29). The van der Waals surface area contributed by atoms with Crippen molar-refractivity contribution in [3.05, 3.63) is 60.3 Å². The van der Waals surface area contributed by atoms with Gasteiger partial charge in [-0.15, -0.1) is 10.2 Å². The number of hydrogen-bond acceptors (Lipinski definition) is 4. The quantitative estimate of drug-likeness (QED) is 0.550. The molecule has 0 aliphatic rings. The van der Waals surface area contributed by atoms with Crippen LogP contribution < -0.4 is 5.32 Å². The number of aryl methyl sites for hydroxylation is 1. The Bertz CT molecular complexity index is 1190. The fourth-order valence-corrected chi connectivity index (χ4v) is 3.28. The largest absolute Gasteiger partial charge is 0.348 e. The van der Waals surface area contributed by atoms with Gasteiger partial charge in [0.05, 0.1) is 5.56 Å². The van der Waals surface area contributed by atoms with Crippen LogP contribution >= 0.6 is 0 Å². The van der Waals surface area contributed by atoms with Gasteiger partial charge in [0.25, 0.3) is 5.91 Å². The number of pyridine rings is 1. The molecule has 8 heteroatoms. The number of carbonyl (C=O) groups excluding carboxylic acids is 1. The number of rotatable bonds is 5. The molecule has 0 saturated carbocycles. The summed E-state index contributed by atoms with van der Waals surface area (Å²) in [4.78, 5) is 17.2.